The van der Waals surface area contributed by atoms with E-state index in [0.717, 1.165) is 6.42 Å². The van der Waals surface area contributed by atoms with Crippen LogP contribution in [0, 0.1) is 0 Å². The third kappa shape index (κ3) is 3.78. The lowest BCUT2D eigenvalue weighted by atomic mass is 10.1. The van der Waals surface area contributed by atoms with Gasteiger partial charge in [-0.25, -0.2) is 13.4 Å². The average Bonchev–Trinajstić information content (AvgIpc) is 3.12. The number of phenols is 1. The lowest BCUT2D eigenvalue weighted by molar-refractivity contribution is 0.469. The number of nitrogens with one attached hydrogen (secondary N) is 2. The number of aromatic hydroxyl groups is 1. The van der Waals surface area contributed by atoms with Crippen LogP contribution in [-0.2, 0) is 10.0 Å². The molecule has 0 aliphatic rings. The van der Waals surface area contributed by atoms with Crippen molar-refractivity contribution < 1.29 is 13.5 Å². The number of H-pyrrole nitrogens is 1. The molecule has 0 spiro atoms. The van der Waals surface area contributed by atoms with Crippen molar-refractivity contribution in [2.24, 2.45) is 0 Å². The van der Waals surface area contributed by atoms with Crippen LogP contribution in [0.15, 0.2) is 46.7 Å². The Morgan fingerprint density at radius 2 is 2.04 bits per heavy atom. The Morgan fingerprint density at radius 3 is 2.69 bits per heavy atom. The molecule has 9 heteroatoms. The summed E-state index contributed by atoms with van der Waals surface area (Å²) in [4.78, 5) is 4.52. The van der Waals surface area contributed by atoms with Gasteiger partial charge in [0.15, 0.2) is 5.16 Å². The first-order valence-electron chi connectivity index (χ1n) is 8.22. The van der Waals surface area contributed by atoms with E-state index >= 15 is 0 Å². The Morgan fingerprint density at radius 1 is 1.31 bits per heavy atom. The zero-order valence-corrected chi connectivity index (χ0v) is 16.1. The molecular weight excluding hydrogens is 372 g/mol. The first-order valence-corrected chi connectivity index (χ1v) is 10.6. The van der Waals surface area contributed by atoms with Gasteiger partial charge in [0.2, 0.25) is 10.0 Å². The summed E-state index contributed by atoms with van der Waals surface area (Å²) in [5.74, 6) is 0.0755. The monoisotopic (exact) mass is 392 g/mol. The second-order valence-electron chi connectivity index (χ2n) is 5.96. The number of anilines is 1. The van der Waals surface area contributed by atoms with Crippen molar-refractivity contribution in [3.8, 4) is 5.75 Å². The molecule has 0 saturated carbocycles. The first-order chi connectivity index (χ1) is 12.4. The van der Waals surface area contributed by atoms with Crippen LogP contribution >= 0.6 is 11.8 Å². The van der Waals surface area contributed by atoms with Crippen molar-refractivity contribution in [2.75, 3.05) is 4.72 Å². The summed E-state index contributed by atoms with van der Waals surface area (Å²) >= 11 is 1.18. The maximum absolute atomic E-state index is 12.6. The Hall–Kier alpha value is -2.26. The molecule has 0 saturated heterocycles. The molecule has 7 nitrogen and oxygen atoms in total. The van der Waals surface area contributed by atoms with Gasteiger partial charge in [-0.05, 0) is 31.2 Å². The second kappa shape index (κ2) is 7.55. The summed E-state index contributed by atoms with van der Waals surface area (Å²) in [5.41, 5.74) is 0.434. The summed E-state index contributed by atoms with van der Waals surface area (Å²) in [6, 6.07) is 8.75. The number of aromatic amines is 1. The highest BCUT2D eigenvalue weighted by Crippen LogP contribution is 2.41. The zero-order chi connectivity index (χ0) is 18.7. The fourth-order valence-electron chi connectivity index (χ4n) is 2.66. The lowest BCUT2D eigenvalue weighted by Crippen LogP contribution is -2.25. The second-order valence-corrected chi connectivity index (χ2v) is 9.09. The van der Waals surface area contributed by atoms with E-state index in [4.69, 9.17) is 0 Å². The zero-order valence-electron chi connectivity index (χ0n) is 14.4. The van der Waals surface area contributed by atoms with Crippen LogP contribution in [0.25, 0.3) is 10.8 Å². The molecule has 0 aliphatic heterocycles. The molecule has 0 radical (unpaired) electrons. The number of benzene rings is 2. The van der Waals surface area contributed by atoms with Crippen LogP contribution in [0.1, 0.15) is 26.7 Å². The molecule has 2 aromatic carbocycles. The number of nitrogens with zero attached hydrogens (tertiary/aromatic N) is 2. The molecule has 1 unspecified atom stereocenters. The first kappa shape index (κ1) is 18.5. The van der Waals surface area contributed by atoms with Gasteiger partial charge in [-0.3, -0.25) is 9.82 Å². The van der Waals surface area contributed by atoms with E-state index in [2.05, 4.69) is 19.9 Å². The predicted octanol–water partition coefficient (Wildman–Crippen LogP) is 3.75. The van der Waals surface area contributed by atoms with Gasteiger partial charge in [0.25, 0.3) is 0 Å². The standard InChI is InChI=1S/C17H20N4O3S2/c1-3-6-11(2)26(23,24)21-14-9-15(25-17-18-10-19-20-17)16(22)13-8-5-4-7-12(13)14/h4-5,7-11,21-22H,3,6H2,1-2H3,(H,18,19,20). The number of hydrogen-bond acceptors (Lipinski definition) is 6. The van der Waals surface area contributed by atoms with E-state index in [9.17, 15) is 13.5 Å². The van der Waals surface area contributed by atoms with E-state index in [1.54, 1.807) is 37.3 Å². The fourth-order valence-corrected chi connectivity index (χ4v) is 4.67. The van der Waals surface area contributed by atoms with Gasteiger partial charge in [-0.2, -0.15) is 5.10 Å². The van der Waals surface area contributed by atoms with Gasteiger partial charge < -0.3 is 5.11 Å². The minimum atomic E-state index is -3.54. The largest absolute Gasteiger partial charge is 0.506 e. The summed E-state index contributed by atoms with van der Waals surface area (Å²) in [6.45, 7) is 3.65. The molecule has 1 atom stereocenters. The number of rotatable bonds is 7. The molecule has 1 heterocycles. The van der Waals surface area contributed by atoms with Gasteiger partial charge in [0, 0.05) is 10.8 Å². The van der Waals surface area contributed by atoms with Crippen molar-refractivity contribution in [3.63, 3.8) is 0 Å². The van der Waals surface area contributed by atoms with Crippen LogP contribution < -0.4 is 4.72 Å². The molecule has 0 amide bonds. The van der Waals surface area contributed by atoms with Crippen LogP contribution in [0.3, 0.4) is 0 Å². The van der Waals surface area contributed by atoms with Gasteiger partial charge >= 0.3 is 0 Å². The maximum atomic E-state index is 12.6. The summed E-state index contributed by atoms with van der Waals surface area (Å²) in [7, 11) is -3.54. The topological polar surface area (TPSA) is 108 Å². The highest BCUT2D eigenvalue weighted by molar-refractivity contribution is 7.99. The minimum absolute atomic E-state index is 0.0755. The normalized spacial score (nSPS) is 13.0. The number of hydrogen-bond donors (Lipinski definition) is 3. The van der Waals surface area contributed by atoms with Crippen molar-refractivity contribution in [3.05, 3.63) is 36.7 Å². The van der Waals surface area contributed by atoms with Crippen molar-refractivity contribution in [1.29, 1.82) is 0 Å². The minimum Gasteiger partial charge on any atom is -0.506 e. The fraction of sp³-hybridized carbons (Fsp3) is 0.294. The Labute approximate surface area is 156 Å². The van der Waals surface area contributed by atoms with E-state index in [-0.39, 0.29) is 5.75 Å². The Balaban J connectivity index is 2.07. The number of sulfonamides is 1. The van der Waals surface area contributed by atoms with E-state index in [1.165, 1.54) is 18.1 Å². The highest BCUT2D eigenvalue weighted by atomic mass is 32.2. The molecule has 26 heavy (non-hydrogen) atoms. The van der Waals surface area contributed by atoms with Crippen LogP contribution in [0.4, 0.5) is 5.69 Å². The molecule has 0 aliphatic carbocycles. The molecule has 3 aromatic rings. The molecule has 3 rings (SSSR count). The van der Waals surface area contributed by atoms with Crippen LogP contribution in [0.5, 0.6) is 5.75 Å². The smallest absolute Gasteiger partial charge is 0.235 e. The summed E-state index contributed by atoms with van der Waals surface area (Å²) in [5, 5.41) is 18.3. The van der Waals surface area contributed by atoms with Crippen LogP contribution in [-0.4, -0.2) is 34.0 Å². The lowest BCUT2D eigenvalue weighted by Gasteiger charge is -2.17. The number of phenolic OH excluding ortho intramolecular Hbond substituents is 1. The van der Waals surface area contributed by atoms with E-state index in [1.807, 2.05) is 6.92 Å². The summed E-state index contributed by atoms with van der Waals surface area (Å²) < 4.78 is 28.0. The Bertz CT molecular complexity index is 1000. The summed E-state index contributed by atoms with van der Waals surface area (Å²) in [6.07, 6.45) is 2.73. The molecule has 3 N–H and O–H groups in total. The van der Waals surface area contributed by atoms with Gasteiger partial charge in [-0.1, -0.05) is 37.6 Å². The van der Waals surface area contributed by atoms with Crippen LogP contribution in [0.2, 0.25) is 0 Å². The highest BCUT2D eigenvalue weighted by Gasteiger charge is 2.22. The van der Waals surface area contributed by atoms with E-state index < -0.39 is 15.3 Å². The molecule has 0 bridgehead atoms. The molecule has 138 valence electrons. The van der Waals surface area contributed by atoms with Crippen molar-refractivity contribution in [1.82, 2.24) is 15.2 Å². The molecule has 1 aromatic heterocycles. The predicted molar refractivity (Wildman–Crippen MR) is 103 cm³/mol. The SMILES string of the molecule is CCCC(C)S(=O)(=O)Nc1cc(Sc2ncn[nH]2)c(O)c2ccccc12. The van der Waals surface area contributed by atoms with E-state index in [0.29, 0.717) is 32.9 Å². The maximum Gasteiger partial charge on any atom is 0.235 e. The number of fused-ring (bicyclic) bond motifs is 1. The van der Waals surface area contributed by atoms with Gasteiger partial charge in [-0.15, -0.1) is 0 Å². The molecule has 0 fully saturated rings. The third-order valence-electron chi connectivity index (χ3n) is 4.06. The average molecular weight is 393 g/mol. The van der Waals surface area contributed by atoms with Crippen molar-refractivity contribution >= 4 is 38.2 Å². The van der Waals surface area contributed by atoms with Gasteiger partial charge in [0.05, 0.1) is 15.8 Å². The van der Waals surface area contributed by atoms with Gasteiger partial charge in [0.1, 0.15) is 12.1 Å². The quantitative estimate of drug-likeness (QED) is 0.529. The number of aromatic nitrogens is 3. The van der Waals surface area contributed by atoms with Crippen molar-refractivity contribution in [2.45, 2.75) is 42.0 Å². The molecular formula is C17H20N4O3S2. The third-order valence-corrected chi connectivity index (χ3v) is 6.78. The Kier molecular flexibility index (Phi) is 5.38.